The van der Waals surface area contributed by atoms with Gasteiger partial charge in [0.15, 0.2) is 0 Å². The summed E-state index contributed by atoms with van der Waals surface area (Å²) >= 11 is 0. The number of benzene rings is 2. The Labute approximate surface area is 205 Å². The van der Waals surface area contributed by atoms with Crippen molar-refractivity contribution in [3.63, 3.8) is 0 Å². The fourth-order valence-corrected chi connectivity index (χ4v) is 3.89. The minimum absolute atomic E-state index is 0.175. The van der Waals surface area contributed by atoms with E-state index in [2.05, 4.69) is 30.1 Å². The molecule has 1 aliphatic rings. The van der Waals surface area contributed by atoms with Crippen molar-refractivity contribution in [2.75, 3.05) is 63.6 Å². The number of piperazine rings is 1. The molecule has 1 aliphatic heterocycles. The van der Waals surface area contributed by atoms with Crippen molar-refractivity contribution in [1.29, 1.82) is 0 Å². The van der Waals surface area contributed by atoms with Crippen molar-refractivity contribution in [3.05, 3.63) is 59.9 Å². The summed E-state index contributed by atoms with van der Waals surface area (Å²) in [6.45, 7) is 6.08. The summed E-state index contributed by atoms with van der Waals surface area (Å²) in [5.41, 5.74) is 1.60. The molecule has 0 bridgehead atoms. The van der Waals surface area contributed by atoms with Crippen molar-refractivity contribution in [3.8, 4) is 11.5 Å². The van der Waals surface area contributed by atoms with Crippen LogP contribution in [0.3, 0.4) is 0 Å². The molecular formula is C25H33N7O3. The molecular weight excluding hydrogens is 446 g/mol. The molecule has 3 aromatic rings. The summed E-state index contributed by atoms with van der Waals surface area (Å²) in [7, 11) is 3.64. The number of hydrogen-bond donors (Lipinski definition) is 3. The summed E-state index contributed by atoms with van der Waals surface area (Å²) in [5, 5.41) is 22.6. The van der Waals surface area contributed by atoms with E-state index in [-0.39, 0.29) is 6.61 Å². The molecule has 1 fully saturated rings. The van der Waals surface area contributed by atoms with Crippen LogP contribution in [0.15, 0.2) is 48.5 Å². The van der Waals surface area contributed by atoms with Gasteiger partial charge in [-0.2, -0.15) is 15.0 Å². The highest BCUT2D eigenvalue weighted by Crippen LogP contribution is 2.27. The zero-order valence-electron chi connectivity index (χ0n) is 20.4. The highest BCUT2D eigenvalue weighted by molar-refractivity contribution is 5.56. The molecule has 0 radical (unpaired) electrons. The average Bonchev–Trinajstić information content (AvgIpc) is 2.85. The summed E-state index contributed by atoms with van der Waals surface area (Å²) < 4.78 is 5.97. The zero-order chi connectivity index (χ0) is 24.8. The molecule has 2 heterocycles. The summed E-state index contributed by atoms with van der Waals surface area (Å²) in [4.78, 5) is 19.7. The number of aliphatic hydroxyl groups is 2. The van der Waals surface area contributed by atoms with E-state index in [9.17, 15) is 5.11 Å². The lowest BCUT2D eigenvalue weighted by atomic mass is 10.2. The largest absolute Gasteiger partial charge is 0.457 e. The third-order valence-electron chi connectivity index (χ3n) is 5.80. The zero-order valence-corrected chi connectivity index (χ0v) is 20.4. The standard InChI is InChI=1S/C25H33N7O3/c1-18-26-24(29-25(27-18)32-13-11-31(12-14-32)15-16-33)28-20-7-9-21(10-8-20)35-22-6-4-5-19(17-22)23(34)30(2)3/h4-10,17,23,33-34H,11-16H2,1-3H3,(H,26,27,28,29). The molecule has 1 saturated heterocycles. The van der Waals surface area contributed by atoms with Crippen LogP contribution in [0.4, 0.5) is 17.6 Å². The average molecular weight is 480 g/mol. The van der Waals surface area contributed by atoms with Gasteiger partial charge in [0.25, 0.3) is 0 Å². The highest BCUT2D eigenvalue weighted by atomic mass is 16.5. The van der Waals surface area contributed by atoms with Crippen LogP contribution < -0.4 is 15.0 Å². The number of β-amino-alcohol motifs (C(OH)–C–C–N with tert-alkyl or cyclic N) is 1. The summed E-state index contributed by atoms with van der Waals surface area (Å²) in [6, 6.07) is 15.0. The Balaban J connectivity index is 1.40. The lowest BCUT2D eigenvalue weighted by Crippen LogP contribution is -2.47. The van der Waals surface area contributed by atoms with E-state index >= 15 is 0 Å². The van der Waals surface area contributed by atoms with Gasteiger partial charge in [-0.15, -0.1) is 0 Å². The Kier molecular flexibility index (Phi) is 8.09. The number of hydrogen-bond acceptors (Lipinski definition) is 10. The van der Waals surface area contributed by atoms with Crippen LogP contribution in [0, 0.1) is 6.92 Å². The Hall–Kier alpha value is -3.31. The van der Waals surface area contributed by atoms with Crippen molar-refractivity contribution < 1.29 is 14.9 Å². The predicted molar refractivity (Wildman–Crippen MR) is 135 cm³/mol. The van der Waals surface area contributed by atoms with Crippen LogP contribution in [0.1, 0.15) is 17.6 Å². The lowest BCUT2D eigenvalue weighted by molar-refractivity contribution is 0.0394. The van der Waals surface area contributed by atoms with Crippen LogP contribution in [0.2, 0.25) is 0 Å². The van der Waals surface area contributed by atoms with E-state index in [0.29, 0.717) is 35.8 Å². The van der Waals surface area contributed by atoms with Gasteiger partial charge < -0.3 is 25.2 Å². The fraction of sp³-hybridized carbons (Fsp3) is 0.400. The quantitative estimate of drug-likeness (QED) is 0.396. The number of rotatable bonds is 9. The summed E-state index contributed by atoms with van der Waals surface area (Å²) in [5.74, 6) is 3.13. The van der Waals surface area contributed by atoms with Gasteiger partial charge in [-0.1, -0.05) is 12.1 Å². The maximum absolute atomic E-state index is 10.3. The van der Waals surface area contributed by atoms with E-state index in [1.54, 1.807) is 4.90 Å². The van der Waals surface area contributed by atoms with E-state index in [0.717, 1.165) is 37.4 Å². The normalized spacial score (nSPS) is 15.3. The molecule has 186 valence electrons. The fourth-order valence-electron chi connectivity index (χ4n) is 3.89. The molecule has 0 spiro atoms. The van der Waals surface area contributed by atoms with E-state index in [1.165, 1.54) is 0 Å². The number of aryl methyl sites for hydroxylation is 1. The molecule has 0 saturated carbocycles. The van der Waals surface area contributed by atoms with Gasteiger partial charge >= 0.3 is 0 Å². The number of aliphatic hydroxyl groups excluding tert-OH is 2. The topological polar surface area (TPSA) is 110 Å². The molecule has 10 nitrogen and oxygen atoms in total. The predicted octanol–water partition coefficient (Wildman–Crippen LogP) is 2.38. The van der Waals surface area contributed by atoms with E-state index < -0.39 is 6.23 Å². The number of aromatic nitrogens is 3. The molecule has 1 atom stereocenters. The molecule has 1 unspecified atom stereocenters. The first-order chi connectivity index (χ1) is 16.9. The van der Waals surface area contributed by atoms with Crippen LogP contribution >= 0.6 is 0 Å². The highest BCUT2D eigenvalue weighted by Gasteiger charge is 2.19. The molecule has 2 aromatic carbocycles. The molecule has 0 aliphatic carbocycles. The van der Waals surface area contributed by atoms with Crippen molar-refractivity contribution in [2.24, 2.45) is 0 Å². The van der Waals surface area contributed by atoms with Gasteiger partial charge in [0.05, 0.1) is 6.61 Å². The second-order valence-corrected chi connectivity index (χ2v) is 8.72. The van der Waals surface area contributed by atoms with Crippen LogP contribution in [-0.4, -0.2) is 88.4 Å². The minimum Gasteiger partial charge on any atom is -0.457 e. The molecule has 1 aromatic heterocycles. The number of nitrogens with one attached hydrogen (secondary N) is 1. The molecule has 10 heteroatoms. The van der Waals surface area contributed by atoms with Gasteiger partial charge in [0, 0.05) is 38.4 Å². The second-order valence-electron chi connectivity index (χ2n) is 8.72. The lowest BCUT2D eigenvalue weighted by Gasteiger charge is -2.34. The van der Waals surface area contributed by atoms with Gasteiger partial charge in [0.1, 0.15) is 23.6 Å². The number of ether oxygens (including phenoxy) is 1. The van der Waals surface area contributed by atoms with Crippen molar-refractivity contribution in [2.45, 2.75) is 13.2 Å². The van der Waals surface area contributed by atoms with Crippen LogP contribution in [0.25, 0.3) is 0 Å². The SMILES string of the molecule is Cc1nc(Nc2ccc(Oc3cccc(C(O)N(C)C)c3)cc2)nc(N2CCN(CCO)CC2)n1. The molecule has 0 amide bonds. The first-order valence-electron chi connectivity index (χ1n) is 11.7. The van der Waals surface area contributed by atoms with Crippen molar-refractivity contribution in [1.82, 2.24) is 24.8 Å². The molecule has 35 heavy (non-hydrogen) atoms. The van der Waals surface area contributed by atoms with Gasteiger partial charge in [-0.3, -0.25) is 9.80 Å². The molecule has 4 rings (SSSR count). The maximum atomic E-state index is 10.3. The van der Waals surface area contributed by atoms with Gasteiger partial charge in [-0.25, -0.2) is 0 Å². The maximum Gasteiger partial charge on any atom is 0.232 e. The first-order valence-corrected chi connectivity index (χ1v) is 11.7. The van der Waals surface area contributed by atoms with Gasteiger partial charge in [0.2, 0.25) is 11.9 Å². The third kappa shape index (κ3) is 6.64. The van der Waals surface area contributed by atoms with Crippen molar-refractivity contribution >= 4 is 17.6 Å². The Morgan fingerprint density at radius 3 is 2.43 bits per heavy atom. The Morgan fingerprint density at radius 1 is 1.00 bits per heavy atom. The second kappa shape index (κ2) is 11.4. The minimum atomic E-state index is -0.691. The van der Waals surface area contributed by atoms with Crippen LogP contribution in [0.5, 0.6) is 11.5 Å². The Bertz CT molecular complexity index is 1100. The number of anilines is 3. The Morgan fingerprint density at radius 2 is 1.74 bits per heavy atom. The van der Waals surface area contributed by atoms with Gasteiger partial charge in [-0.05, 0) is 63.0 Å². The first kappa shape index (κ1) is 24.8. The summed E-state index contributed by atoms with van der Waals surface area (Å²) in [6.07, 6.45) is -0.691. The molecule has 3 N–H and O–H groups in total. The van der Waals surface area contributed by atoms with E-state index in [1.807, 2.05) is 69.6 Å². The number of nitrogens with zero attached hydrogens (tertiary/aromatic N) is 6. The van der Waals surface area contributed by atoms with E-state index in [4.69, 9.17) is 9.84 Å². The third-order valence-corrected chi connectivity index (χ3v) is 5.80. The van der Waals surface area contributed by atoms with Crippen LogP contribution in [-0.2, 0) is 0 Å². The monoisotopic (exact) mass is 479 g/mol. The smallest absolute Gasteiger partial charge is 0.232 e.